The van der Waals surface area contributed by atoms with Crippen LogP contribution in [0.25, 0.3) is 5.70 Å². The molecule has 0 aliphatic carbocycles. The van der Waals surface area contributed by atoms with Gasteiger partial charge in [0, 0.05) is 16.8 Å². The van der Waals surface area contributed by atoms with E-state index in [1.807, 2.05) is 60.7 Å². The number of rotatable bonds is 4. The summed E-state index contributed by atoms with van der Waals surface area (Å²) >= 11 is 0. The van der Waals surface area contributed by atoms with E-state index in [0.29, 0.717) is 11.4 Å². The third kappa shape index (κ3) is 5.98. The lowest BCUT2D eigenvalue weighted by atomic mass is 9.79. The molecule has 0 amide bonds. The Morgan fingerprint density at radius 1 is 1.00 bits per heavy atom. The Hall–Kier alpha value is -3.65. The molecule has 1 heterocycles. The van der Waals surface area contributed by atoms with Gasteiger partial charge in [-0.25, -0.2) is 4.79 Å². The van der Waals surface area contributed by atoms with Gasteiger partial charge in [0.2, 0.25) is 0 Å². The number of nitrogens with zero attached hydrogens (tertiary/aromatic N) is 1. The maximum Gasteiger partial charge on any atom is 0.338 e. The summed E-state index contributed by atoms with van der Waals surface area (Å²) in [5, 5.41) is 0. The van der Waals surface area contributed by atoms with E-state index in [0.717, 1.165) is 11.1 Å². The summed E-state index contributed by atoms with van der Waals surface area (Å²) in [4.78, 5) is 31.2. The summed E-state index contributed by atoms with van der Waals surface area (Å²) in [6, 6.07) is 18.8. The van der Waals surface area contributed by atoms with Crippen LogP contribution in [0, 0.1) is 23.7 Å². The zero-order chi connectivity index (χ0) is 24.0. The van der Waals surface area contributed by atoms with Crippen LogP contribution in [-0.4, -0.2) is 29.9 Å². The summed E-state index contributed by atoms with van der Waals surface area (Å²) in [6.07, 6.45) is 0. The van der Waals surface area contributed by atoms with Crippen LogP contribution in [0.15, 0.2) is 71.2 Å². The van der Waals surface area contributed by atoms with Crippen LogP contribution in [0.4, 0.5) is 0 Å². The van der Waals surface area contributed by atoms with Crippen LogP contribution < -0.4 is 0 Å². The predicted octanol–water partition coefficient (Wildman–Crippen LogP) is 5.06. The lowest BCUT2D eigenvalue weighted by Crippen LogP contribution is -2.38. The van der Waals surface area contributed by atoms with E-state index in [-0.39, 0.29) is 12.2 Å². The van der Waals surface area contributed by atoms with Gasteiger partial charge in [-0.1, -0.05) is 60.4 Å². The molecule has 0 N–H and O–H groups in total. The molecule has 2 aromatic rings. The van der Waals surface area contributed by atoms with Crippen molar-refractivity contribution in [1.82, 2.24) is 0 Å². The molecule has 5 heteroatoms. The van der Waals surface area contributed by atoms with E-state index in [1.165, 1.54) is 0 Å². The fourth-order valence-corrected chi connectivity index (χ4v) is 3.61. The standard InChI is InChI=1S/C28H29NO4/c1-6-32-26(30)23-19(2)29-25(21-15-11-8-12-16-21)24(27(31)33-28(3,4)5)22(23)18-17-20-13-9-7-10-14-20/h7-16,22-23H,6H2,1-5H3. The van der Waals surface area contributed by atoms with Crippen molar-refractivity contribution in [2.24, 2.45) is 16.8 Å². The van der Waals surface area contributed by atoms with Gasteiger partial charge in [-0.05, 0) is 46.8 Å². The molecular formula is C28H29NO4. The van der Waals surface area contributed by atoms with Crippen molar-refractivity contribution in [3.63, 3.8) is 0 Å². The number of carbonyl (C=O) groups is 2. The molecule has 0 radical (unpaired) electrons. The van der Waals surface area contributed by atoms with Gasteiger partial charge in [0.1, 0.15) is 11.5 Å². The van der Waals surface area contributed by atoms with Gasteiger partial charge in [-0.3, -0.25) is 9.79 Å². The minimum atomic E-state index is -0.809. The summed E-state index contributed by atoms with van der Waals surface area (Å²) in [6.45, 7) is 9.15. The van der Waals surface area contributed by atoms with E-state index < -0.39 is 29.4 Å². The topological polar surface area (TPSA) is 65.0 Å². The summed E-state index contributed by atoms with van der Waals surface area (Å²) in [5.41, 5.74) is 2.10. The molecule has 0 fully saturated rings. The van der Waals surface area contributed by atoms with Crippen molar-refractivity contribution < 1.29 is 19.1 Å². The first kappa shape index (κ1) is 24.0. The number of esters is 2. The average Bonchev–Trinajstić information content (AvgIpc) is 2.77. The highest BCUT2D eigenvalue weighted by Gasteiger charge is 2.42. The van der Waals surface area contributed by atoms with Gasteiger partial charge in [0.15, 0.2) is 0 Å². The van der Waals surface area contributed by atoms with Gasteiger partial charge in [0.25, 0.3) is 0 Å². The SMILES string of the molecule is CCOC(=O)C1C(C)=NC(c2ccccc2)=C(C(=O)OC(C)(C)C)C1C#Cc1ccccc1. The predicted molar refractivity (Wildman–Crippen MR) is 129 cm³/mol. The molecule has 170 valence electrons. The average molecular weight is 444 g/mol. The Balaban J connectivity index is 2.24. The van der Waals surface area contributed by atoms with Gasteiger partial charge in [0.05, 0.1) is 23.8 Å². The normalized spacial score (nSPS) is 18.0. The minimum absolute atomic E-state index is 0.221. The molecule has 2 unspecified atom stereocenters. The summed E-state index contributed by atoms with van der Waals surface area (Å²) in [7, 11) is 0. The quantitative estimate of drug-likeness (QED) is 0.489. The van der Waals surface area contributed by atoms with Gasteiger partial charge < -0.3 is 9.47 Å². The summed E-state index contributed by atoms with van der Waals surface area (Å²) in [5.74, 6) is 3.73. The maximum absolute atomic E-state index is 13.5. The Kier molecular flexibility index (Phi) is 7.50. The minimum Gasteiger partial charge on any atom is -0.465 e. The highest BCUT2D eigenvalue weighted by atomic mass is 16.6. The van der Waals surface area contributed by atoms with E-state index >= 15 is 0 Å². The van der Waals surface area contributed by atoms with Crippen molar-refractivity contribution in [2.45, 2.75) is 40.2 Å². The van der Waals surface area contributed by atoms with Crippen molar-refractivity contribution in [2.75, 3.05) is 6.61 Å². The van der Waals surface area contributed by atoms with Crippen molar-refractivity contribution in [3.05, 3.63) is 77.4 Å². The third-order valence-electron chi connectivity index (χ3n) is 4.99. The first-order valence-electron chi connectivity index (χ1n) is 11.0. The van der Waals surface area contributed by atoms with E-state index in [1.54, 1.807) is 34.6 Å². The van der Waals surface area contributed by atoms with Crippen LogP contribution in [0.1, 0.15) is 45.7 Å². The lowest BCUT2D eigenvalue weighted by molar-refractivity contribution is -0.151. The second-order valence-electron chi connectivity index (χ2n) is 8.73. The number of ether oxygens (including phenoxy) is 2. The first-order chi connectivity index (χ1) is 15.7. The third-order valence-corrected chi connectivity index (χ3v) is 4.99. The molecule has 0 spiro atoms. The fraction of sp³-hybridized carbons (Fsp3) is 0.321. The van der Waals surface area contributed by atoms with Crippen molar-refractivity contribution >= 4 is 23.3 Å². The molecule has 0 saturated heterocycles. The maximum atomic E-state index is 13.5. The summed E-state index contributed by atoms with van der Waals surface area (Å²) < 4.78 is 11.1. The Labute approximate surface area is 195 Å². The van der Waals surface area contributed by atoms with Crippen LogP contribution in [0.5, 0.6) is 0 Å². The Morgan fingerprint density at radius 3 is 2.18 bits per heavy atom. The molecule has 0 bridgehead atoms. The number of hydrogen-bond acceptors (Lipinski definition) is 5. The molecule has 1 aliphatic heterocycles. The monoisotopic (exact) mass is 443 g/mol. The first-order valence-corrected chi connectivity index (χ1v) is 11.0. The number of aliphatic imine (C=N–C) groups is 1. The largest absolute Gasteiger partial charge is 0.465 e. The van der Waals surface area contributed by atoms with Gasteiger partial charge in [-0.15, -0.1) is 0 Å². The van der Waals surface area contributed by atoms with Gasteiger partial charge >= 0.3 is 11.9 Å². The highest BCUT2D eigenvalue weighted by Crippen LogP contribution is 2.37. The zero-order valence-electron chi connectivity index (χ0n) is 19.7. The molecule has 5 nitrogen and oxygen atoms in total. The highest BCUT2D eigenvalue weighted by molar-refractivity contribution is 6.11. The number of benzene rings is 2. The fourth-order valence-electron chi connectivity index (χ4n) is 3.61. The lowest BCUT2D eigenvalue weighted by Gasteiger charge is -2.30. The molecule has 0 aromatic heterocycles. The second-order valence-corrected chi connectivity index (χ2v) is 8.73. The number of carbonyl (C=O) groups excluding carboxylic acids is 2. The van der Waals surface area contributed by atoms with Crippen molar-refractivity contribution in [3.8, 4) is 11.8 Å². The number of hydrogen-bond donors (Lipinski definition) is 0. The molecule has 2 aromatic carbocycles. The zero-order valence-corrected chi connectivity index (χ0v) is 19.7. The van der Waals surface area contributed by atoms with Crippen LogP contribution in [-0.2, 0) is 19.1 Å². The molecule has 33 heavy (non-hydrogen) atoms. The van der Waals surface area contributed by atoms with Crippen molar-refractivity contribution in [1.29, 1.82) is 0 Å². The smallest absolute Gasteiger partial charge is 0.338 e. The van der Waals surface area contributed by atoms with Crippen LogP contribution in [0.3, 0.4) is 0 Å². The van der Waals surface area contributed by atoms with E-state index in [9.17, 15) is 9.59 Å². The van der Waals surface area contributed by atoms with Gasteiger partial charge in [-0.2, -0.15) is 0 Å². The van der Waals surface area contributed by atoms with E-state index in [4.69, 9.17) is 14.5 Å². The molecule has 1 aliphatic rings. The Bertz CT molecular complexity index is 1130. The molecule has 3 rings (SSSR count). The second kappa shape index (κ2) is 10.3. The van der Waals surface area contributed by atoms with E-state index in [2.05, 4.69) is 11.8 Å². The molecule has 0 saturated carbocycles. The molecular weight excluding hydrogens is 414 g/mol. The molecule has 2 atom stereocenters. The van der Waals surface area contributed by atoms with Crippen LogP contribution in [0.2, 0.25) is 0 Å². The van der Waals surface area contributed by atoms with Crippen LogP contribution >= 0.6 is 0 Å². The Morgan fingerprint density at radius 2 is 1.61 bits per heavy atom.